The Bertz CT molecular complexity index is 8250. The van der Waals surface area contributed by atoms with Crippen LogP contribution < -0.4 is 0 Å². The van der Waals surface area contributed by atoms with Gasteiger partial charge < -0.3 is 0 Å². The van der Waals surface area contributed by atoms with Crippen LogP contribution in [0.3, 0.4) is 0 Å². The third-order valence-corrected chi connectivity index (χ3v) is 27.7. The maximum Gasteiger partial charge on any atom is -0.00237 e. The normalized spacial score (nSPS) is 10.7. The van der Waals surface area contributed by atoms with Gasteiger partial charge in [0.2, 0.25) is 0 Å². The van der Waals surface area contributed by atoms with Crippen molar-refractivity contribution in [3.63, 3.8) is 0 Å². The molecule has 718 valence electrons. The lowest BCUT2D eigenvalue weighted by Crippen LogP contribution is -1.87. The van der Waals surface area contributed by atoms with Crippen molar-refractivity contribution in [1.82, 2.24) is 0 Å². The molecule has 145 heavy (non-hydrogen) atoms. The van der Waals surface area contributed by atoms with E-state index in [2.05, 4.69) is 559 Å². The summed E-state index contributed by atoms with van der Waals surface area (Å²) in [6.45, 7) is 44.2. The Morgan fingerprint density at radius 3 is 0.614 bits per heavy atom. The van der Waals surface area contributed by atoms with Crippen LogP contribution in [0.2, 0.25) is 0 Å². The molecular formula is C145H138. The SMILES string of the molecule is CC.CC.CC.Cc1c2ccccc2c(C)c2ccccc12.Cc1ccc(-c2ccc(-c3ccc(C)cc3)cc2)cc1.Cc1ccc(-c2ccc(C)cc2)cc1.Cc1ccc(C)c2cc3ccccc3cc12.Cc1ccc(C)c2ccccc12.Cc1ccc(C)cc1.Cc1ccc2c3cccc4cccc(c5cccc1c52)c43.Cc1ccc2cc3cc(C)ccc3cc2c1.c1cc2ccc3cccc4ccc(c1)c2c34. The van der Waals surface area contributed by atoms with Gasteiger partial charge in [-0.15, -0.1) is 0 Å². The molecular weight excluding hydrogens is 1740 g/mol. The number of rotatable bonds is 3. The quantitative estimate of drug-likeness (QED) is 0.122. The fourth-order valence-electron chi connectivity index (χ4n) is 19.7. The molecule has 0 aliphatic heterocycles. The van der Waals surface area contributed by atoms with E-state index in [9.17, 15) is 0 Å². The Morgan fingerprint density at radius 2 is 0.297 bits per heavy atom. The monoisotopic (exact) mass is 1880 g/mol. The lowest BCUT2D eigenvalue weighted by Gasteiger charge is -2.15. The van der Waals surface area contributed by atoms with Gasteiger partial charge in [0.25, 0.3) is 0 Å². The minimum Gasteiger partial charge on any atom is -0.0683 e. The van der Waals surface area contributed by atoms with Crippen LogP contribution in [0.1, 0.15) is 125 Å². The van der Waals surface area contributed by atoms with E-state index in [1.807, 2.05) is 41.5 Å². The molecule has 0 amide bonds. The highest BCUT2D eigenvalue weighted by Gasteiger charge is 2.16. The first kappa shape index (κ1) is 103. The Kier molecular flexibility index (Phi) is 34.6. The highest BCUT2D eigenvalue weighted by molar-refractivity contribution is 6.33. The predicted octanol–water partition coefficient (Wildman–Crippen LogP) is 42.9. The zero-order valence-corrected chi connectivity index (χ0v) is 88.8. The third kappa shape index (κ3) is 24.3. The summed E-state index contributed by atoms with van der Waals surface area (Å²) in [5, 5.41) is 38.1. The Labute approximate surface area is 861 Å². The molecule has 0 aromatic heterocycles. The van der Waals surface area contributed by atoms with Crippen LogP contribution in [0.4, 0.5) is 0 Å². The molecule has 0 bridgehead atoms. The van der Waals surface area contributed by atoms with E-state index in [0.29, 0.717) is 0 Å². The van der Waals surface area contributed by atoms with Gasteiger partial charge in [0.05, 0.1) is 0 Å². The number of fused-ring (bicyclic) bond motifs is 9. The minimum atomic E-state index is 1.26. The highest BCUT2D eigenvalue weighted by atomic mass is 14.2. The summed E-state index contributed by atoms with van der Waals surface area (Å²) >= 11 is 0. The average molecular weight is 1880 g/mol. The second kappa shape index (κ2) is 48.6. The van der Waals surface area contributed by atoms with Crippen molar-refractivity contribution < 1.29 is 0 Å². The summed E-state index contributed by atoms with van der Waals surface area (Å²) in [5.74, 6) is 0. The van der Waals surface area contributed by atoms with Gasteiger partial charge in [0.1, 0.15) is 0 Å². The lowest BCUT2D eigenvalue weighted by atomic mass is 9.89. The van der Waals surface area contributed by atoms with Crippen LogP contribution in [0.15, 0.2) is 455 Å². The molecule has 0 unspecified atom stereocenters. The molecule has 0 aliphatic carbocycles. The first-order chi connectivity index (χ1) is 70.6. The lowest BCUT2D eigenvalue weighted by molar-refractivity contribution is 1.40. The van der Waals surface area contributed by atoms with Gasteiger partial charge in [0.15, 0.2) is 0 Å². The Morgan fingerprint density at radius 1 is 0.103 bits per heavy atom. The van der Waals surface area contributed by atoms with Crippen molar-refractivity contribution in [3.8, 4) is 33.4 Å². The average Bonchev–Trinajstić information content (AvgIpc) is 0.717. The second-order valence-electron chi connectivity index (χ2n) is 37.9. The zero-order chi connectivity index (χ0) is 102. The van der Waals surface area contributed by atoms with E-state index in [4.69, 9.17) is 0 Å². The maximum absolute atomic E-state index is 2.30. The highest BCUT2D eigenvalue weighted by Crippen LogP contribution is 2.43. The molecule has 0 N–H and O–H groups in total. The molecule has 0 heterocycles. The van der Waals surface area contributed by atoms with Gasteiger partial charge in [-0.2, -0.15) is 0 Å². The van der Waals surface area contributed by atoms with Crippen LogP contribution in [-0.4, -0.2) is 0 Å². The van der Waals surface area contributed by atoms with Crippen molar-refractivity contribution >= 4 is 151 Å². The first-order valence-corrected chi connectivity index (χ1v) is 51.8. The van der Waals surface area contributed by atoms with E-state index in [1.54, 1.807) is 0 Å². The molecule has 26 aromatic rings. The van der Waals surface area contributed by atoms with Crippen LogP contribution in [-0.2, 0) is 0 Å². The third-order valence-electron chi connectivity index (χ3n) is 27.7. The van der Waals surface area contributed by atoms with Gasteiger partial charge in [-0.05, 0) is 351 Å². The Hall–Kier alpha value is -16.1. The van der Waals surface area contributed by atoms with Crippen molar-refractivity contribution in [2.45, 2.75) is 145 Å². The molecule has 0 aliphatic rings. The molecule has 0 heteroatoms. The molecule has 0 spiro atoms. The molecule has 0 atom stereocenters. The maximum atomic E-state index is 2.30. The summed E-state index contributed by atoms with van der Waals surface area (Å²) in [6, 6.07) is 164. The van der Waals surface area contributed by atoms with E-state index in [1.165, 1.54) is 268 Å². The number of aryl methyl sites for hydroxylation is 15. The van der Waals surface area contributed by atoms with Crippen molar-refractivity contribution in [2.24, 2.45) is 0 Å². The topological polar surface area (TPSA) is 0 Å². The van der Waals surface area contributed by atoms with Gasteiger partial charge >= 0.3 is 0 Å². The van der Waals surface area contributed by atoms with E-state index < -0.39 is 0 Å². The fourth-order valence-corrected chi connectivity index (χ4v) is 19.7. The van der Waals surface area contributed by atoms with Crippen LogP contribution in [0.5, 0.6) is 0 Å². The largest absolute Gasteiger partial charge is 0.0683 e. The predicted molar refractivity (Wildman–Crippen MR) is 647 cm³/mol. The minimum absolute atomic E-state index is 1.26. The van der Waals surface area contributed by atoms with Crippen LogP contribution in [0, 0.1) is 104 Å². The van der Waals surface area contributed by atoms with E-state index in [0.717, 1.165) is 0 Å². The number of benzene rings is 26. The van der Waals surface area contributed by atoms with Crippen molar-refractivity contribution in [2.75, 3.05) is 0 Å². The number of hydrogen-bond acceptors (Lipinski definition) is 0. The molecule has 0 fully saturated rings. The van der Waals surface area contributed by atoms with Gasteiger partial charge in [-0.3, -0.25) is 0 Å². The number of hydrogen-bond donors (Lipinski definition) is 0. The molecule has 0 nitrogen and oxygen atoms in total. The zero-order valence-electron chi connectivity index (χ0n) is 88.8. The van der Waals surface area contributed by atoms with Gasteiger partial charge in [-0.25, -0.2) is 0 Å². The van der Waals surface area contributed by atoms with Gasteiger partial charge in [-0.1, -0.05) is 517 Å². The first-order valence-electron chi connectivity index (χ1n) is 51.8. The second-order valence-corrected chi connectivity index (χ2v) is 37.9. The molecule has 26 aromatic carbocycles. The van der Waals surface area contributed by atoms with E-state index in [-0.39, 0.29) is 0 Å². The van der Waals surface area contributed by atoms with E-state index >= 15 is 0 Å². The molecule has 26 rings (SSSR count). The van der Waals surface area contributed by atoms with Crippen LogP contribution >= 0.6 is 0 Å². The van der Waals surface area contributed by atoms with Gasteiger partial charge in [0, 0.05) is 0 Å². The van der Waals surface area contributed by atoms with Crippen LogP contribution in [0.25, 0.3) is 184 Å². The van der Waals surface area contributed by atoms with Crippen molar-refractivity contribution in [1.29, 1.82) is 0 Å². The standard InChI is InChI=1S/C21H14.C20H18.C16H10.3C16H14.C14H14.C12H12.C8H10.3C2H6/c1-13-11-12-19-17-9-3-6-14-5-2-8-16(20(14)17)18-10-4-7-15(13)21(18)19;1-15-3-7-17(8-4-15)19-11-13-20(14-12-19)18-9-5-16(2)6-10-18;1-3-11-7-9-13-5-2-6-14-10-8-12(4-1)15(11)16(13)14;1-11-3-5-13-10-16-8-12(2)4-6-14(16)9-15(13)7-11;1-11-13-7-3-5-9-15(13)12(2)16-10-6-4-8-14(11)16;1-11-7-8-12(2)16-10-14-6-4-3-5-13(14)9-15(11)16;1-11-3-7-13(8-4-11)14-9-5-12(2)6-10-14;1-9-7-8-10(2)12-6-4-3-5-11(9)12;1-7-3-5-8(2)6-4-7;3*1-2/h2-12H,1H3;3-14H,1-2H3;1-10H;3*3-10H,1-2H3;3-10H,1-2H3;3-8H,1-2H3;3-6H,1-2H3;3*1-2H3. The Balaban J connectivity index is 0.000000123. The molecule has 0 saturated heterocycles. The molecule has 0 saturated carbocycles. The summed E-state index contributed by atoms with van der Waals surface area (Å²) in [5.41, 5.74) is 27.7. The summed E-state index contributed by atoms with van der Waals surface area (Å²) in [4.78, 5) is 0. The summed E-state index contributed by atoms with van der Waals surface area (Å²) in [6.07, 6.45) is 0. The molecule has 0 radical (unpaired) electrons. The summed E-state index contributed by atoms with van der Waals surface area (Å²) in [7, 11) is 0. The fraction of sp³-hybridized carbons (Fsp3) is 0.145. The van der Waals surface area contributed by atoms with Crippen molar-refractivity contribution in [3.05, 3.63) is 538 Å². The smallest absolute Gasteiger partial charge is 0.00237 e. The summed E-state index contributed by atoms with van der Waals surface area (Å²) < 4.78 is 0.